The topological polar surface area (TPSA) is 76.1 Å². The van der Waals surface area contributed by atoms with Gasteiger partial charge in [-0.1, -0.05) is 0 Å². The zero-order valence-electron chi connectivity index (χ0n) is 11.2. The Kier molecular flexibility index (Phi) is 5.17. The van der Waals surface area contributed by atoms with Gasteiger partial charge in [0.05, 0.1) is 20.6 Å². The van der Waals surface area contributed by atoms with Crippen molar-refractivity contribution in [1.82, 2.24) is 0 Å². The van der Waals surface area contributed by atoms with E-state index in [1.54, 1.807) is 25.2 Å². The maximum Gasteiger partial charge on any atom is 0.303 e. The molecular formula is C13H17NO5. The molecule has 0 bridgehead atoms. The van der Waals surface area contributed by atoms with Crippen molar-refractivity contribution >= 4 is 17.6 Å². The Hall–Kier alpha value is -2.24. The number of carbonyl (C=O) groups excluding carboxylic acids is 1. The van der Waals surface area contributed by atoms with Crippen molar-refractivity contribution in [1.29, 1.82) is 0 Å². The molecule has 0 heterocycles. The molecule has 1 rings (SSSR count). The fraction of sp³-hybridized carbons (Fsp3) is 0.385. The lowest BCUT2D eigenvalue weighted by atomic mass is 10.2. The first-order chi connectivity index (χ1) is 8.99. The highest BCUT2D eigenvalue weighted by Crippen LogP contribution is 2.31. The lowest BCUT2D eigenvalue weighted by molar-refractivity contribution is -0.138. The van der Waals surface area contributed by atoms with Gasteiger partial charge in [0.2, 0.25) is 5.91 Å². The van der Waals surface area contributed by atoms with Crippen LogP contribution in [0, 0.1) is 0 Å². The molecule has 0 unspecified atom stereocenters. The molecule has 0 radical (unpaired) electrons. The summed E-state index contributed by atoms with van der Waals surface area (Å²) in [5.41, 5.74) is 0.619. The van der Waals surface area contributed by atoms with E-state index in [-0.39, 0.29) is 18.7 Å². The number of ether oxygens (including phenoxy) is 2. The first-order valence-electron chi connectivity index (χ1n) is 5.70. The van der Waals surface area contributed by atoms with E-state index >= 15 is 0 Å². The summed E-state index contributed by atoms with van der Waals surface area (Å²) in [6.07, 6.45) is -0.226. The van der Waals surface area contributed by atoms with Crippen LogP contribution in [0.4, 0.5) is 5.69 Å². The van der Waals surface area contributed by atoms with Crippen molar-refractivity contribution in [2.24, 2.45) is 0 Å². The Bertz CT molecular complexity index is 472. The zero-order chi connectivity index (χ0) is 14.4. The third-order valence-corrected chi connectivity index (χ3v) is 2.68. The predicted octanol–water partition coefficient (Wildman–Crippen LogP) is 1.53. The average molecular weight is 267 g/mol. The van der Waals surface area contributed by atoms with Crippen molar-refractivity contribution in [3.05, 3.63) is 18.2 Å². The van der Waals surface area contributed by atoms with E-state index in [1.165, 1.54) is 19.1 Å². The summed E-state index contributed by atoms with van der Waals surface area (Å²) in [4.78, 5) is 23.6. The van der Waals surface area contributed by atoms with Crippen LogP contribution in [0.25, 0.3) is 0 Å². The Morgan fingerprint density at radius 3 is 2.32 bits per heavy atom. The van der Waals surface area contributed by atoms with Gasteiger partial charge in [0.25, 0.3) is 0 Å². The van der Waals surface area contributed by atoms with Crippen LogP contribution >= 0.6 is 0 Å². The molecule has 1 amide bonds. The fourth-order valence-corrected chi connectivity index (χ4v) is 1.56. The van der Waals surface area contributed by atoms with E-state index in [2.05, 4.69) is 0 Å². The fourth-order valence-electron chi connectivity index (χ4n) is 1.56. The van der Waals surface area contributed by atoms with E-state index in [0.717, 1.165) is 0 Å². The number of rotatable bonds is 6. The lowest BCUT2D eigenvalue weighted by Crippen LogP contribution is -2.26. The monoisotopic (exact) mass is 267 g/mol. The van der Waals surface area contributed by atoms with Crippen LogP contribution in [0.15, 0.2) is 18.2 Å². The molecule has 0 aliphatic rings. The van der Waals surface area contributed by atoms with E-state index in [0.29, 0.717) is 17.2 Å². The molecule has 19 heavy (non-hydrogen) atoms. The molecule has 0 saturated carbocycles. The molecule has 1 aromatic carbocycles. The molecule has 0 aliphatic heterocycles. The van der Waals surface area contributed by atoms with Gasteiger partial charge in [-0.15, -0.1) is 0 Å². The second kappa shape index (κ2) is 6.63. The summed E-state index contributed by atoms with van der Waals surface area (Å²) >= 11 is 0. The van der Waals surface area contributed by atoms with Gasteiger partial charge < -0.3 is 19.5 Å². The number of amides is 1. The first-order valence-corrected chi connectivity index (χ1v) is 5.70. The number of hydrogen-bond donors (Lipinski definition) is 1. The van der Waals surface area contributed by atoms with Crippen molar-refractivity contribution in [3.8, 4) is 11.5 Å². The van der Waals surface area contributed by atoms with Gasteiger partial charge in [0, 0.05) is 25.2 Å². The Morgan fingerprint density at radius 1 is 1.16 bits per heavy atom. The maximum atomic E-state index is 11.8. The minimum Gasteiger partial charge on any atom is -0.493 e. The number of anilines is 1. The number of nitrogens with zero attached hydrogens (tertiary/aromatic N) is 1. The predicted molar refractivity (Wildman–Crippen MR) is 69.8 cm³/mol. The van der Waals surface area contributed by atoms with E-state index in [1.807, 2.05) is 0 Å². The van der Waals surface area contributed by atoms with Crippen LogP contribution < -0.4 is 14.4 Å². The smallest absolute Gasteiger partial charge is 0.303 e. The summed E-state index contributed by atoms with van der Waals surface area (Å²) in [5.74, 6) is -0.181. The van der Waals surface area contributed by atoms with Crippen LogP contribution in [0.3, 0.4) is 0 Å². The highest BCUT2D eigenvalue weighted by Gasteiger charge is 2.14. The lowest BCUT2D eigenvalue weighted by Gasteiger charge is -2.18. The minimum atomic E-state index is -0.992. The summed E-state index contributed by atoms with van der Waals surface area (Å²) < 4.78 is 10.3. The molecule has 0 aromatic heterocycles. The van der Waals surface area contributed by atoms with Crippen molar-refractivity contribution in [2.45, 2.75) is 12.8 Å². The highest BCUT2D eigenvalue weighted by atomic mass is 16.5. The Morgan fingerprint density at radius 2 is 1.79 bits per heavy atom. The summed E-state index contributed by atoms with van der Waals surface area (Å²) in [6.45, 7) is 0. The van der Waals surface area contributed by atoms with Gasteiger partial charge >= 0.3 is 5.97 Å². The molecule has 6 heteroatoms. The third kappa shape index (κ3) is 3.87. The van der Waals surface area contributed by atoms with E-state index in [4.69, 9.17) is 14.6 Å². The molecular weight excluding hydrogens is 250 g/mol. The largest absolute Gasteiger partial charge is 0.493 e. The van der Waals surface area contributed by atoms with E-state index < -0.39 is 5.97 Å². The Balaban J connectivity index is 2.84. The Labute approximate surface area is 111 Å². The number of methoxy groups -OCH3 is 2. The van der Waals surface area contributed by atoms with Gasteiger partial charge in [0.1, 0.15) is 0 Å². The molecule has 0 fully saturated rings. The van der Waals surface area contributed by atoms with Gasteiger partial charge in [-0.2, -0.15) is 0 Å². The van der Waals surface area contributed by atoms with Crippen molar-refractivity contribution in [2.75, 3.05) is 26.2 Å². The van der Waals surface area contributed by atoms with Crippen LogP contribution in [0.2, 0.25) is 0 Å². The highest BCUT2D eigenvalue weighted by molar-refractivity contribution is 5.94. The van der Waals surface area contributed by atoms with Crippen molar-refractivity contribution in [3.63, 3.8) is 0 Å². The molecule has 1 N–H and O–H groups in total. The van der Waals surface area contributed by atoms with Gasteiger partial charge in [-0.3, -0.25) is 9.59 Å². The first kappa shape index (κ1) is 14.8. The molecule has 6 nitrogen and oxygen atoms in total. The zero-order valence-corrected chi connectivity index (χ0v) is 11.2. The van der Waals surface area contributed by atoms with Crippen LogP contribution in [0.5, 0.6) is 11.5 Å². The number of carbonyl (C=O) groups is 2. The average Bonchev–Trinajstić information content (AvgIpc) is 2.42. The van der Waals surface area contributed by atoms with Crippen LogP contribution in [-0.4, -0.2) is 38.3 Å². The summed E-state index contributed by atoms with van der Waals surface area (Å²) in [7, 11) is 4.62. The summed E-state index contributed by atoms with van der Waals surface area (Å²) in [6, 6.07) is 5.06. The molecule has 1 aromatic rings. The molecule has 0 aliphatic carbocycles. The number of benzene rings is 1. The standard InChI is InChI=1S/C13H17NO5/c1-14(12(15)6-7-13(16)17)9-4-5-10(18-2)11(8-9)19-3/h4-5,8H,6-7H2,1-3H3,(H,16,17). The normalized spacial score (nSPS) is 9.84. The molecule has 104 valence electrons. The molecule has 0 spiro atoms. The summed E-state index contributed by atoms with van der Waals surface area (Å²) in [5, 5.41) is 8.56. The second-order valence-corrected chi connectivity index (χ2v) is 3.89. The number of aliphatic carboxylic acids is 1. The quantitative estimate of drug-likeness (QED) is 0.846. The van der Waals surface area contributed by atoms with Gasteiger partial charge in [-0.25, -0.2) is 0 Å². The number of hydrogen-bond acceptors (Lipinski definition) is 4. The molecule has 0 atom stereocenters. The van der Waals surface area contributed by atoms with Gasteiger partial charge in [-0.05, 0) is 12.1 Å². The van der Waals surface area contributed by atoms with Gasteiger partial charge in [0.15, 0.2) is 11.5 Å². The molecule has 0 saturated heterocycles. The van der Waals surface area contributed by atoms with Crippen molar-refractivity contribution < 1.29 is 24.2 Å². The SMILES string of the molecule is COc1ccc(N(C)C(=O)CCC(=O)O)cc1OC. The number of carboxylic acid groups (broad SMARTS) is 1. The second-order valence-electron chi connectivity index (χ2n) is 3.89. The van der Waals surface area contributed by atoms with Crippen LogP contribution in [0.1, 0.15) is 12.8 Å². The minimum absolute atomic E-state index is 0.0415. The van der Waals surface area contributed by atoms with E-state index in [9.17, 15) is 9.59 Å². The third-order valence-electron chi connectivity index (χ3n) is 2.68. The van der Waals surface area contributed by atoms with Crippen LogP contribution in [-0.2, 0) is 9.59 Å². The number of carboxylic acids is 1. The maximum absolute atomic E-state index is 11.8.